The minimum Gasteiger partial charge on any atom is -0.444 e. The molecule has 0 aliphatic carbocycles. The lowest BCUT2D eigenvalue weighted by Crippen LogP contribution is -2.42. The van der Waals surface area contributed by atoms with Crippen LogP contribution < -0.4 is 5.32 Å². The molecule has 4 rings (SSSR count). The van der Waals surface area contributed by atoms with Crippen molar-refractivity contribution >= 4 is 39.9 Å². The predicted octanol–water partition coefficient (Wildman–Crippen LogP) is 6.04. The highest BCUT2D eigenvalue weighted by atomic mass is 32.1. The third-order valence-electron chi connectivity index (χ3n) is 5.68. The van der Waals surface area contributed by atoms with Crippen LogP contribution in [-0.4, -0.2) is 44.2 Å². The molecule has 1 aliphatic heterocycles. The van der Waals surface area contributed by atoms with Gasteiger partial charge < -0.3 is 19.5 Å². The number of nitrogens with zero attached hydrogens (tertiary/aromatic N) is 3. The molecule has 0 saturated carbocycles. The second kappa shape index (κ2) is 9.09. The summed E-state index contributed by atoms with van der Waals surface area (Å²) in [6, 6.07) is 6.61. The maximum atomic E-state index is 14.0. The maximum Gasteiger partial charge on any atom is 0.410 e. The molecule has 1 amide bonds. The van der Waals surface area contributed by atoms with Crippen molar-refractivity contribution in [3.63, 3.8) is 0 Å². The van der Waals surface area contributed by atoms with Crippen LogP contribution in [0.15, 0.2) is 42.9 Å². The second-order valence-electron chi connectivity index (χ2n) is 9.46. The number of halogens is 1. The van der Waals surface area contributed by atoms with Crippen LogP contribution in [0.4, 0.5) is 14.9 Å². The third-order valence-corrected chi connectivity index (χ3v) is 5.78. The van der Waals surface area contributed by atoms with E-state index in [9.17, 15) is 9.18 Å². The van der Waals surface area contributed by atoms with Crippen LogP contribution in [-0.2, 0) is 4.74 Å². The number of amides is 1. The molecule has 1 fully saturated rings. The van der Waals surface area contributed by atoms with Crippen molar-refractivity contribution in [2.45, 2.75) is 52.1 Å². The van der Waals surface area contributed by atoms with E-state index in [0.29, 0.717) is 23.8 Å². The number of carbonyl (C=O) groups is 1. The van der Waals surface area contributed by atoms with Crippen LogP contribution in [0.2, 0.25) is 0 Å². The first-order valence-electron chi connectivity index (χ1n) is 11.1. The molecule has 1 atom stereocenters. The second-order valence-corrected chi connectivity index (χ2v) is 10.1. The smallest absolute Gasteiger partial charge is 0.410 e. The first-order valence-corrected chi connectivity index (χ1v) is 11.5. The Balaban J connectivity index is 1.73. The third kappa shape index (κ3) is 5.16. The molecule has 0 spiro atoms. The Morgan fingerprint density at radius 1 is 1.30 bits per heavy atom. The van der Waals surface area contributed by atoms with Gasteiger partial charge in [0.05, 0.1) is 28.1 Å². The zero-order valence-electron chi connectivity index (χ0n) is 19.4. The van der Waals surface area contributed by atoms with Crippen molar-refractivity contribution in [2.75, 3.05) is 18.4 Å². The Hall–Kier alpha value is -3.00. The monoisotopic (exact) mass is 468 g/mol. The van der Waals surface area contributed by atoms with E-state index in [2.05, 4.69) is 16.5 Å². The number of piperidine rings is 1. The van der Waals surface area contributed by atoms with Gasteiger partial charge in [-0.05, 0) is 70.4 Å². The number of fused-ring (bicyclic) bond motifs is 1. The largest absolute Gasteiger partial charge is 0.444 e. The average Bonchev–Trinajstić information content (AvgIpc) is 3.12. The number of thiocarbonyl (C=S) groups is 1. The molecule has 0 radical (unpaired) electrons. The summed E-state index contributed by atoms with van der Waals surface area (Å²) in [5.41, 5.74) is 2.89. The van der Waals surface area contributed by atoms with Crippen LogP contribution >= 0.6 is 12.2 Å². The summed E-state index contributed by atoms with van der Waals surface area (Å²) in [4.78, 5) is 19.4. The van der Waals surface area contributed by atoms with Crippen molar-refractivity contribution in [1.29, 1.82) is 0 Å². The lowest BCUT2D eigenvalue weighted by Gasteiger charge is -2.34. The average molecular weight is 469 g/mol. The van der Waals surface area contributed by atoms with E-state index in [1.54, 1.807) is 24.1 Å². The van der Waals surface area contributed by atoms with Gasteiger partial charge in [-0.2, -0.15) is 0 Å². The molecule has 33 heavy (non-hydrogen) atoms. The lowest BCUT2D eigenvalue weighted by atomic mass is 9.91. The van der Waals surface area contributed by atoms with Crippen LogP contribution in [0.3, 0.4) is 0 Å². The van der Waals surface area contributed by atoms with Gasteiger partial charge in [0.2, 0.25) is 0 Å². The Labute approximate surface area is 198 Å². The molecular formula is C25H29FN4O2S. The molecule has 174 valence electrons. The fraction of sp³-hybridized carbons (Fsp3) is 0.400. The molecule has 1 saturated heterocycles. The number of likely N-dealkylation sites (tertiary alicyclic amines) is 1. The summed E-state index contributed by atoms with van der Waals surface area (Å²) in [7, 11) is 0. The van der Waals surface area contributed by atoms with E-state index in [4.69, 9.17) is 17.0 Å². The Bertz CT molecular complexity index is 1200. The zero-order chi connectivity index (χ0) is 23.8. The highest BCUT2D eigenvalue weighted by molar-refractivity contribution is 7.80. The Morgan fingerprint density at radius 3 is 2.82 bits per heavy atom. The molecule has 1 N–H and O–H groups in total. The minimum absolute atomic E-state index is 0.154. The first kappa shape index (κ1) is 23.2. The molecular weight excluding hydrogens is 439 g/mol. The Morgan fingerprint density at radius 2 is 2.09 bits per heavy atom. The number of hydrogen-bond acceptors (Lipinski definition) is 4. The van der Waals surface area contributed by atoms with Gasteiger partial charge in [-0.25, -0.2) is 9.18 Å². The number of rotatable bonds is 3. The normalized spacial score (nSPS) is 16.6. The Kier molecular flexibility index (Phi) is 6.38. The van der Waals surface area contributed by atoms with E-state index in [1.165, 1.54) is 12.1 Å². The fourth-order valence-electron chi connectivity index (χ4n) is 4.36. The number of benzene rings is 1. The van der Waals surface area contributed by atoms with Crippen LogP contribution in [0.1, 0.15) is 52.0 Å². The summed E-state index contributed by atoms with van der Waals surface area (Å²) in [6.45, 7) is 8.67. The molecule has 1 aliphatic rings. The van der Waals surface area contributed by atoms with Crippen molar-refractivity contribution in [1.82, 2.24) is 14.5 Å². The number of anilines is 1. The van der Waals surface area contributed by atoms with Gasteiger partial charge in [-0.1, -0.05) is 12.2 Å². The zero-order valence-corrected chi connectivity index (χ0v) is 20.2. The van der Waals surface area contributed by atoms with Crippen molar-refractivity contribution in [3.05, 3.63) is 54.2 Å². The molecule has 1 unspecified atom stereocenters. The summed E-state index contributed by atoms with van der Waals surface area (Å²) in [6.07, 6.45) is 7.25. The topological polar surface area (TPSA) is 59.4 Å². The molecule has 1 aromatic carbocycles. The molecule has 0 bridgehead atoms. The van der Waals surface area contributed by atoms with Gasteiger partial charge in [0.25, 0.3) is 0 Å². The van der Waals surface area contributed by atoms with Crippen molar-refractivity contribution in [3.8, 4) is 5.69 Å². The van der Waals surface area contributed by atoms with E-state index in [0.717, 1.165) is 35.0 Å². The number of hydrogen-bond donors (Lipinski definition) is 1. The fourth-order valence-corrected chi connectivity index (χ4v) is 4.47. The van der Waals surface area contributed by atoms with Crippen LogP contribution in [0.5, 0.6) is 0 Å². The minimum atomic E-state index is -0.530. The van der Waals surface area contributed by atoms with Crippen LogP contribution in [0, 0.1) is 5.82 Å². The van der Waals surface area contributed by atoms with E-state index in [-0.39, 0.29) is 17.8 Å². The number of pyridine rings is 1. The SMILES string of the molecule is CC(=S)Nc1cc(F)ccc1-n1cc(C2CCCN(C(=O)OC(C)(C)C)C2)c2ccncc21. The van der Waals surface area contributed by atoms with Gasteiger partial charge in [0.15, 0.2) is 0 Å². The van der Waals surface area contributed by atoms with Gasteiger partial charge in [-0.15, -0.1) is 0 Å². The van der Waals surface area contributed by atoms with E-state index >= 15 is 0 Å². The standard InChI is InChI=1S/C25H29FN4O2S/c1-16(33)28-21-12-18(26)7-8-22(21)30-15-20(19-9-10-27-13-23(19)30)17-6-5-11-29(14-17)24(31)32-25(2,3)4/h7-10,12-13,15,17H,5-6,11,14H2,1-4H3,(H,28,33). The first-order chi connectivity index (χ1) is 15.6. The molecule has 8 heteroatoms. The number of aromatic nitrogens is 2. The summed E-state index contributed by atoms with van der Waals surface area (Å²) in [5, 5.41) is 4.16. The van der Waals surface area contributed by atoms with E-state index in [1.807, 2.05) is 37.6 Å². The quantitative estimate of drug-likeness (QED) is 0.475. The van der Waals surface area contributed by atoms with Gasteiger partial charge in [-0.3, -0.25) is 4.98 Å². The van der Waals surface area contributed by atoms with Gasteiger partial charge in [0, 0.05) is 36.8 Å². The number of nitrogens with one attached hydrogen (secondary N) is 1. The summed E-state index contributed by atoms with van der Waals surface area (Å²) in [5.74, 6) is -0.186. The van der Waals surface area contributed by atoms with Gasteiger partial charge >= 0.3 is 6.09 Å². The molecule has 2 aromatic heterocycles. The summed E-state index contributed by atoms with van der Waals surface area (Å²) >= 11 is 5.20. The predicted molar refractivity (Wildman–Crippen MR) is 133 cm³/mol. The number of ether oxygens (including phenoxy) is 1. The lowest BCUT2D eigenvalue weighted by molar-refractivity contribution is 0.0198. The highest BCUT2D eigenvalue weighted by Crippen LogP contribution is 2.36. The maximum absolute atomic E-state index is 14.0. The van der Waals surface area contributed by atoms with Crippen LogP contribution in [0.25, 0.3) is 16.6 Å². The number of carbonyl (C=O) groups excluding carboxylic acids is 1. The molecule has 6 nitrogen and oxygen atoms in total. The molecule has 3 heterocycles. The molecule has 3 aromatic rings. The highest BCUT2D eigenvalue weighted by Gasteiger charge is 2.30. The van der Waals surface area contributed by atoms with Crippen molar-refractivity contribution in [2.24, 2.45) is 0 Å². The summed E-state index contributed by atoms with van der Waals surface area (Å²) < 4.78 is 21.6. The van der Waals surface area contributed by atoms with E-state index < -0.39 is 5.60 Å². The van der Waals surface area contributed by atoms with Gasteiger partial charge in [0.1, 0.15) is 11.4 Å². The van der Waals surface area contributed by atoms with Crippen molar-refractivity contribution < 1.29 is 13.9 Å².